The minimum absolute atomic E-state index is 0.0319. The van der Waals surface area contributed by atoms with Crippen LogP contribution < -0.4 is 0 Å². The number of benzene rings is 1. The molecule has 0 aliphatic heterocycles. The van der Waals surface area contributed by atoms with E-state index in [0.717, 1.165) is 4.90 Å². The van der Waals surface area contributed by atoms with Gasteiger partial charge < -0.3 is 10.0 Å². The lowest BCUT2D eigenvalue weighted by atomic mass is 10.1. The highest BCUT2D eigenvalue weighted by Gasteiger charge is 2.20. The first-order valence-electron chi connectivity index (χ1n) is 4.97. The summed E-state index contributed by atoms with van der Waals surface area (Å²) < 4.78 is 0. The van der Waals surface area contributed by atoms with Crippen LogP contribution in [0.25, 0.3) is 0 Å². The van der Waals surface area contributed by atoms with Gasteiger partial charge in [-0.05, 0) is 12.1 Å². The van der Waals surface area contributed by atoms with Gasteiger partial charge in [-0.2, -0.15) is 10.5 Å². The molecule has 90 valence electrons. The molecular formula is C12H9N3O3. The molecule has 0 aliphatic rings. The zero-order valence-corrected chi connectivity index (χ0v) is 9.33. The number of rotatable bonds is 4. The van der Waals surface area contributed by atoms with E-state index in [2.05, 4.69) is 0 Å². The number of carbonyl (C=O) groups is 2. The van der Waals surface area contributed by atoms with Gasteiger partial charge in [0.15, 0.2) is 0 Å². The number of carbonyl (C=O) groups excluding carboxylic acids is 1. The van der Waals surface area contributed by atoms with E-state index in [4.69, 9.17) is 15.6 Å². The zero-order chi connectivity index (χ0) is 13.5. The quantitative estimate of drug-likeness (QED) is 0.790. The first-order valence-corrected chi connectivity index (χ1v) is 4.97. The molecule has 0 fully saturated rings. The van der Waals surface area contributed by atoms with E-state index in [1.165, 1.54) is 24.3 Å². The SMILES string of the molecule is N#CCN(CC#N)C(=O)c1ccccc1C(=O)O. The molecule has 18 heavy (non-hydrogen) atoms. The first kappa shape index (κ1) is 13.2. The van der Waals surface area contributed by atoms with E-state index < -0.39 is 11.9 Å². The smallest absolute Gasteiger partial charge is 0.336 e. The molecule has 0 aliphatic carbocycles. The molecule has 1 rings (SSSR count). The maximum absolute atomic E-state index is 12.0. The summed E-state index contributed by atoms with van der Waals surface area (Å²) >= 11 is 0. The number of hydrogen-bond acceptors (Lipinski definition) is 4. The number of nitrogens with zero attached hydrogens (tertiary/aromatic N) is 3. The molecule has 1 N–H and O–H groups in total. The van der Waals surface area contributed by atoms with Crippen molar-refractivity contribution < 1.29 is 14.7 Å². The number of carboxylic acid groups (broad SMARTS) is 1. The van der Waals surface area contributed by atoms with Gasteiger partial charge in [-0.15, -0.1) is 0 Å². The van der Waals surface area contributed by atoms with E-state index in [-0.39, 0.29) is 24.2 Å². The number of hydrogen-bond donors (Lipinski definition) is 1. The van der Waals surface area contributed by atoms with E-state index >= 15 is 0 Å². The molecule has 0 atom stereocenters. The van der Waals surface area contributed by atoms with Crippen molar-refractivity contribution in [1.82, 2.24) is 4.90 Å². The summed E-state index contributed by atoms with van der Waals surface area (Å²) in [6.45, 7) is -0.527. The third-order valence-electron chi connectivity index (χ3n) is 2.20. The molecule has 1 aromatic carbocycles. The highest BCUT2D eigenvalue weighted by atomic mass is 16.4. The number of carboxylic acids is 1. The average Bonchev–Trinajstić information content (AvgIpc) is 2.37. The van der Waals surface area contributed by atoms with Crippen LogP contribution in [0.15, 0.2) is 24.3 Å². The molecule has 1 aromatic rings. The van der Waals surface area contributed by atoms with Crippen molar-refractivity contribution in [2.75, 3.05) is 13.1 Å². The molecule has 0 bridgehead atoms. The third-order valence-corrected chi connectivity index (χ3v) is 2.20. The molecule has 6 nitrogen and oxygen atoms in total. The van der Waals surface area contributed by atoms with Gasteiger partial charge in [0, 0.05) is 0 Å². The Bertz CT molecular complexity index is 538. The highest BCUT2D eigenvalue weighted by Crippen LogP contribution is 2.11. The Morgan fingerprint density at radius 2 is 1.61 bits per heavy atom. The summed E-state index contributed by atoms with van der Waals surface area (Å²) in [5.74, 6) is -1.87. The van der Waals surface area contributed by atoms with Crippen molar-refractivity contribution in [2.24, 2.45) is 0 Å². The fourth-order valence-corrected chi connectivity index (χ4v) is 1.40. The van der Waals surface area contributed by atoms with Crippen LogP contribution in [0.1, 0.15) is 20.7 Å². The van der Waals surface area contributed by atoms with Crippen LogP contribution in [0.4, 0.5) is 0 Å². The van der Waals surface area contributed by atoms with Crippen LogP contribution in [-0.4, -0.2) is 35.0 Å². The molecule has 0 heterocycles. The molecule has 0 unspecified atom stereocenters. The van der Waals surface area contributed by atoms with Crippen LogP contribution in [-0.2, 0) is 0 Å². The molecule has 0 saturated heterocycles. The van der Waals surface area contributed by atoms with Crippen molar-refractivity contribution in [2.45, 2.75) is 0 Å². The number of aromatic carboxylic acids is 1. The van der Waals surface area contributed by atoms with E-state index in [1.54, 1.807) is 12.1 Å². The zero-order valence-electron chi connectivity index (χ0n) is 9.33. The molecule has 0 spiro atoms. The Hall–Kier alpha value is -2.86. The van der Waals surface area contributed by atoms with Gasteiger partial charge in [0.1, 0.15) is 13.1 Å². The van der Waals surface area contributed by atoms with E-state index in [1.807, 2.05) is 0 Å². The molecule has 1 amide bonds. The van der Waals surface area contributed by atoms with Crippen LogP contribution in [0.3, 0.4) is 0 Å². The van der Waals surface area contributed by atoms with Gasteiger partial charge in [-0.25, -0.2) is 4.79 Å². The van der Waals surface area contributed by atoms with Crippen molar-refractivity contribution in [3.8, 4) is 12.1 Å². The van der Waals surface area contributed by atoms with Gasteiger partial charge >= 0.3 is 5.97 Å². The maximum atomic E-state index is 12.0. The second-order valence-electron chi connectivity index (χ2n) is 3.33. The third kappa shape index (κ3) is 2.83. The average molecular weight is 243 g/mol. The number of amides is 1. The standard InChI is InChI=1S/C12H9N3O3/c13-5-7-15(8-6-14)11(16)9-3-1-2-4-10(9)12(17)18/h1-4H,7-8H2,(H,17,18). The van der Waals surface area contributed by atoms with Crippen molar-refractivity contribution >= 4 is 11.9 Å². The van der Waals surface area contributed by atoms with E-state index in [9.17, 15) is 9.59 Å². The van der Waals surface area contributed by atoms with Gasteiger partial charge in [0.2, 0.25) is 0 Å². The lowest BCUT2D eigenvalue weighted by Crippen LogP contribution is -2.32. The largest absolute Gasteiger partial charge is 0.478 e. The lowest BCUT2D eigenvalue weighted by Gasteiger charge is -2.16. The van der Waals surface area contributed by atoms with Crippen LogP contribution in [0.5, 0.6) is 0 Å². The Morgan fingerprint density at radius 1 is 1.11 bits per heavy atom. The van der Waals surface area contributed by atoms with Crippen molar-refractivity contribution in [3.05, 3.63) is 35.4 Å². The minimum Gasteiger partial charge on any atom is -0.478 e. The maximum Gasteiger partial charge on any atom is 0.336 e. The molecular weight excluding hydrogens is 234 g/mol. The van der Waals surface area contributed by atoms with Crippen LogP contribution in [0, 0.1) is 22.7 Å². The molecule has 0 aromatic heterocycles. The van der Waals surface area contributed by atoms with Crippen LogP contribution in [0.2, 0.25) is 0 Å². The Balaban J connectivity index is 3.14. The minimum atomic E-state index is -1.23. The van der Waals surface area contributed by atoms with Gasteiger partial charge in [0.25, 0.3) is 5.91 Å². The van der Waals surface area contributed by atoms with Gasteiger partial charge in [-0.1, -0.05) is 12.1 Å². The molecule has 0 radical (unpaired) electrons. The summed E-state index contributed by atoms with van der Waals surface area (Å²) in [6.07, 6.45) is 0. The van der Waals surface area contributed by atoms with Crippen molar-refractivity contribution in [1.29, 1.82) is 10.5 Å². The predicted molar refractivity (Wildman–Crippen MR) is 60.5 cm³/mol. The number of nitriles is 2. The Morgan fingerprint density at radius 3 is 2.06 bits per heavy atom. The second kappa shape index (κ2) is 6.02. The Kier molecular flexibility index (Phi) is 4.42. The fourth-order valence-electron chi connectivity index (χ4n) is 1.40. The fraction of sp³-hybridized carbons (Fsp3) is 0.167. The van der Waals surface area contributed by atoms with Crippen LogP contribution >= 0.6 is 0 Å². The summed E-state index contributed by atoms with van der Waals surface area (Å²) in [5.41, 5.74) is -0.182. The normalized spacial score (nSPS) is 9.00. The lowest BCUT2D eigenvalue weighted by molar-refractivity contribution is 0.0681. The van der Waals surface area contributed by atoms with Crippen molar-refractivity contribution in [3.63, 3.8) is 0 Å². The second-order valence-corrected chi connectivity index (χ2v) is 3.33. The van der Waals surface area contributed by atoms with E-state index in [0.29, 0.717) is 0 Å². The Labute approximate surface area is 103 Å². The summed E-state index contributed by atoms with van der Waals surface area (Å²) in [6, 6.07) is 9.19. The molecule has 0 saturated carbocycles. The summed E-state index contributed by atoms with van der Waals surface area (Å²) in [4.78, 5) is 24.0. The highest BCUT2D eigenvalue weighted by molar-refractivity contribution is 6.04. The topological polar surface area (TPSA) is 105 Å². The monoisotopic (exact) mass is 243 g/mol. The first-order chi connectivity index (χ1) is 8.61. The van der Waals surface area contributed by atoms with Gasteiger partial charge in [-0.3, -0.25) is 4.79 Å². The predicted octanol–water partition coefficient (Wildman–Crippen LogP) is 0.874. The molecule has 6 heteroatoms. The summed E-state index contributed by atoms with van der Waals surface area (Å²) in [5, 5.41) is 26.1. The van der Waals surface area contributed by atoms with Gasteiger partial charge in [0.05, 0.1) is 23.3 Å². The summed E-state index contributed by atoms with van der Waals surface area (Å²) in [7, 11) is 0.